The van der Waals surface area contributed by atoms with Gasteiger partial charge in [-0.05, 0) is 23.6 Å². The Morgan fingerprint density at radius 2 is 1.91 bits per heavy atom. The first-order valence-corrected chi connectivity index (χ1v) is 8.15. The van der Waals surface area contributed by atoms with Crippen LogP contribution >= 0.6 is 0 Å². The van der Waals surface area contributed by atoms with Crippen LogP contribution < -0.4 is 10.1 Å². The number of ether oxygens (including phenoxy) is 1. The van der Waals surface area contributed by atoms with E-state index in [1.54, 1.807) is 0 Å². The van der Waals surface area contributed by atoms with E-state index < -0.39 is 0 Å². The molecular formula is C19H20N2O2. The highest BCUT2D eigenvalue weighted by Gasteiger charge is 2.33. The highest BCUT2D eigenvalue weighted by atomic mass is 16.5. The van der Waals surface area contributed by atoms with Crippen LogP contribution in [0.1, 0.15) is 23.6 Å². The zero-order valence-corrected chi connectivity index (χ0v) is 12.9. The Balaban J connectivity index is 1.31. The molecule has 0 aromatic heterocycles. The van der Waals surface area contributed by atoms with E-state index in [-0.39, 0.29) is 18.2 Å². The molecule has 118 valence electrons. The monoisotopic (exact) mass is 308 g/mol. The van der Waals surface area contributed by atoms with Crippen molar-refractivity contribution in [3.8, 4) is 5.75 Å². The van der Waals surface area contributed by atoms with E-state index in [2.05, 4.69) is 23.5 Å². The second kappa shape index (κ2) is 5.95. The van der Waals surface area contributed by atoms with Gasteiger partial charge in [-0.15, -0.1) is 0 Å². The number of carbonyl (C=O) groups excluding carboxylic acids is 1. The lowest BCUT2D eigenvalue weighted by Crippen LogP contribution is -2.51. The number of nitrogens with zero attached hydrogens (tertiary/aromatic N) is 1. The van der Waals surface area contributed by atoms with Crippen LogP contribution in [0.3, 0.4) is 0 Å². The maximum atomic E-state index is 12.4. The average Bonchev–Trinajstić information content (AvgIpc) is 2.96. The molecule has 4 nitrogen and oxygen atoms in total. The summed E-state index contributed by atoms with van der Waals surface area (Å²) in [7, 11) is 0. The van der Waals surface area contributed by atoms with Gasteiger partial charge in [0.25, 0.3) is 0 Å². The lowest BCUT2D eigenvalue weighted by molar-refractivity contribution is 0.112. The molecule has 0 bridgehead atoms. The highest BCUT2D eigenvalue weighted by molar-refractivity contribution is 5.75. The summed E-state index contributed by atoms with van der Waals surface area (Å²) >= 11 is 0. The first-order valence-electron chi connectivity index (χ1n) is 8.15. The van der Waals surface area contributed by atoms with Crippen LogP contribution in [0, 0.1) is 0 Å². The molecule has 0 spiro atoms. The number of amides is 2. The summed E-state index contributed by atoms with van der Waals surface area (Å²) in [6.07, 6.45) is 1.93. The minimum Gasteiger partial charge on any atom is -0.488 e. The number of carbonyl (C=O) groups is 1. The van der Waals surface area contributed by atoms with Gasteiger partial charge in [-0.25, -0.2) is 4.79 Å². The van der Waals surface area contributed by atoms with E-state index in [1.165, 1.54) is 11.1 Å². The van der Waals surface area contributed by atoms with Crippen LogP contribution in [-0.4, -0.2) is 30.1 Å². The Bertz CT molecular complexity index is 677. The van der Waals surface area contributed by atoms with Crippen LogP contribution in [0.15, 0.2) is 54.6 Å². The van der Waals surface area contributed by atoms with E-state index in [1.807, 2.05) is 41.3 Å². The molecule has 2 heterocycles. The van der Waals surface area contributed by atoms with Gasteiger partial charge in [-0.3, -0.25) is 0 Å². The molecule has 0 radical (unpaired) electrons. The fourth-order valence-electron chi connectivity index (χ4n) is 3.32. The number of rotatable bonds is 3. The van der Waals surface area contributed by atoms with Crippen LogP contribution in [-0.2, 0) is 6.42 Å². The van der Waals surface area contributed by atoms with Crippen molar-refractivity contribution in [3.05, 3.63) is 65.7 Å². The van der Waals surface area contributed by atoms with Gasteiger partial charge >= 0.3 is 6.03 Å². The standard InChI is InChI=1S/C19H20N2O2/c22-19(21-11-10-17(21)14-6-2-1-3-7-14)20-13-16-12-15-8-4-5-9-18(15)23-16/h1-9,16-17H,10-13H2,(H,20,22)/t16-,17-/m1/s1. The summed E-state index contributed by atoms with van der Waals surface area (Å²) in [6.45, 7) is 1.36. The second-order valence-corrected chi connectivity index (χ2v) is 6.15. The Morgan fingerprint density at radius 3 is 2.65 bits per heavy atom. The van der Waals surface area contributed by atoms with Gasteiger partial charge in [-0.1, -0.05) is 48.5 Å². The zero-order chi connectivity index (χ0) is 15.6. The van der Waals surface area contributed by atoms with Crippen LogP contribution in [0.4, 0.5) is 4.79 Å². The lowest BCUT2D eigenvalue weighted by atomic mass is 9.95. The molecule has 0 unspecified atom stereocenters. The maximum Gasteiger partial charge on any atom is 0.318 e. The van der Waals surface area contributed by atoms with Gasteiger partial charge in [0, 0.05) is 13.0 Å². The van der Waals surface area contributed by atoms with Crippen molar-refractivity contribution in [2.45, 2.75) is 25.0 Å². The van der Waals surface area contributed by atoms with Gasteiger partial charge in [0.05, 0.1) is 12.6 Å². The summed E-state index contributed by atoms with van der Waals surface area (Å²) in [4.78, 5) is 14.3. The fraction of sp³-hybridized carbons (Fsp3) is 0.316. The fourth-order valence-corrected chi connectivity index (χ4v) is 3.32. The van der Waals surface area contributed by atoms with Gasteiger partial charge in [0.2, 0.25) is 0 Å². The second-order valence-electron chi connectivity index (χ2n) is 6.15. The minimum atomic E-state index is 0.00431. The van der Waals surface area contributed by atoms with Gasteiger partial charge < -0.3 is 15.0 Å². The molecule has 2 aliphatic rings. The summed E-state index contributed by atoms with van der Waals surface area (Å²) in [5.74, 6) is 0.942. The summed E-state index contributed by atoms with van der Waals surface area (Å²) < 4.78 is 5.87. The number of likely N-dealkylation sites (tertiary alicyclic amines) is 1. The van der Waals surface area contributed by atoms with E-state index in [0.29, 0.717) is 6.54 Å². The SMILES string of the molecule is O=C(NC[C@H]1Cc2ccccc2O1)N1CC[C@@H]1c1ccccc1. The van der Waals surface area contributed by atoms with Gasteiger partial charge in [-0.2, -0.15) is 0 Å². The molecule has 23 heavy (non-hydrogen) atoms. The minimum absolute atomic E-state index is 0.00431. The zero-order valence-electron chi connectivity index (χ0n) is 12.9. The van der Waals surface area contributed by atoms with Crippen molar-refractivity contribution in [1.82, 2.24) is 10.2 Å². The average molecular weight is 308 g/mol. The quantitative estimate of drug-likeness (QED) is 0.946. The number of hydrogen-bond acceptors (Lipinski definition) is 2. The lowest BCUT2D eigenvalue weighted by Gasteiger charge is -2.41. The van der Waals surface area contributed by atoms with E-state index in [9.17, 15) is 4.79 Å². The molecule has 4 rings (SSSR count). The summed E-state index contributed by atoms with van der Waals surface area (Å²) in [6, 6.07) is 18.5. The first kappa shape index (κ1) is 14.1. The highest BCUT2D eigenvalue weighted by Crippen LogP contribution is 2.33. The van der Waals surface area contributed by atoms with Crippen LogP contribution in [0.5, 0.6) is 5.75 Å². The first-order chi connectivity index (χ1) is 11.3. The number of benzene rings is 2. The molecule has 2 aromatic carbocycles. The molecule has 2 amide bonds. The van der Waals surface area contributed by atoms with Crippen molar-refractivity contribution in [3.63, 3.8) is 0 Å². The van der Waals surface area contributed by atoms with Gasteiger partial charge in [0.1, 0.15) is 11.9 Å². The van der Waals surface area contributed by atoms with Crippen molar-refractivity contribution < 1.29 is 9.53 Å². The third kappa shape index (κ3) is 2.77. The molecule has 1 saturated heterocycles. The Hall–Kier alpha value is -2.49. The number of nitrogens with one attached hydrogen (secondary N) is 1. The number of fused-ring (bicyclic) bond motifs is 1. The molecule has 4 heteroatoms. The van der Waals surface area contributed by atoms with Crippen LogP contribution in [0.2, 0.25) is 0 Å². The maximum absolute atomic E-state index is 12.4. The predicted molar refractivity (Wildman–Crippen MR) is 88.5 cm³/mol. The Morgan fingerprint density at radius 1 is 1.13 bits per heavy atom. The van der Waals surface area contributed by atoms with Crippen LogP contribution in [0.25, 0.3) is 0 Å². The normalized spacial score (nSPS) is 22.0. The number of para-hydroxylation sites is 1. The molecule has 1 N–H and O–H groups in total. The largest absolute Gasteiger partial charge is 0.488 e. The molecule has 2 aromatic rings. The van der Waals surface area contributed by atoms with Crippen molar-refractivity contribution >= 4 is 6.03 Å². The molecule has 0 saturated carbocycles. The third-order valence-electron chi connectivity index (χ3n) is 4.66. The van der Waals surface area contributed by atoms with E-state index in [0.717, 1.165) is 25.1 Å². The molecular weight excluding hydrogens is 288 g/mol. The van der Waals surface area contributed by atoms with E-state index in [4.69, 9.17) is 4.74 Å². The summed E-state index contributed by atoms with van der Waals surface area (Å²) in [5, 5.41) is 3.02. The third-order valence-corrected chi connectivity index (χ3v) is 4.66. The molecule has 1 fully saturated rings. The van der Waals surface area contributed by atoms with Crippen molar-refractivity contribution in [2.24, 2.45) is 0 Å². The topological polar surface area (TPSA) is 41.6 Å². The van der Waals surface area contributed by atoms with Crippen molar-refractivity contribution in [1.29, 1.82) is 0 Å². The number of urea groups is 1. The smallest absolute Gasteiger partial charge is 0.318 e. The van der Waals surface area contributed by atoms with E-state index >= 15 is 0 Å². The summed E-state index contributed by atoms with van der Waals surface area (Å²) in [5.41, 5.74) is 2.43. The molecule has 0 aliphatic carbocycles. The Kier molecular flexibility index (Phi) is 3.66. The van der Waals surface area contributed by atoms with Gasteiger partial charge in [0.15, 0.2) is 0 Å². The van der Waals surface area contributed by atoms with Crippen molar-refractivity contribution in [2.75, 3.05) is 13.1 Å². The number of hydrogen-bond donors (Lipinski definition) is 1. The molecule has 2 aliphatic heterocycles. The predicted octanol–water partition coefficient (Wildman–Crippen LogP) is 3.15. The Labute approximate surface area is 136 Å². The molecule has 2 atom stereocenters.